The van der Waals surface area contributed by atoms with Gasteiger partial charge in [0.1, 0.15) is 5.75 Å². The molecule has 3 rings (SSSR count). The van der Waals surface area contributed by atoms with Gasteiger partial charge in [0.25, 0.3) is 5.91 Å². The predicted molar refractivity (Wildman–Crippen MR) is 98.8 cm³/mol. The van der Waals surface area contributed by atoms with Crippen molar-refractivity contribution in [2.24, 2.45) is 5.92 Å². The minimum Gasteiger partial charge on any atom is -0.484 e. The zero-order chi connectivity index (χ0) is 18.4. The lowest BCUT2D eigenvalue weighted by molar-refractivity contribution is -0.132. The van der Waals surface area contributed by atoms with Gasteiger partial charge < -0.3 is 19.8 Å². The van der Waals surface area contributed by atoms with E-state index in [2.05, 4.69) is 4.90 Å². The molecule has 26 heavy (non-hydrogen) atoms. The molecular formula is C20H30N2O4. The molecule has 0 saturated carbocycles. The molecule has 2 fully saturated rings. The lowest BCUT2D eigenvalue weighted by Crippen LogP contribution is -2.38. The average molecular weight is 362 g/mol. The topological polar surface area (TPSA) is 73.2 Å². The van der Waals surface area contributed by atoms with E-state index < -0.39 is 6.10 Å². The van der Waals surface area contributed by atoms with Crippen LogP contribution in [-0.2, 0) is 11.3 Å². The third kappa shape index (κ3) is 5.19. The second-order valence-corrected chi connectivity index (χ2v) is 7.38. The summed E-state index contributed by atoms with van der Waals surface area (Å²) in [5.41, 5.74) is 1.21. The largest absolute Gasteiger partial charge is 0.484 e. The second kappa shape index (κ2) is 9.35. The summed E-state index contributed by atoms with van der Waals surface area (Å²) in [5, 5.41) is 18.8. The van der Waals surface area contributed by atoms with Crippen molar-refractivity contribution in [1.29, 1.82) is 0 Å². The molecule has 6 heteroatoms. The van der Waals surface area contributed by atoms with E-state index in [1.54, 1.807) is 0 Å². The highest BCUT2D eigenvalue weighted by molar-refractivity contribution is 5.78. The molecule has 1 atom stereocenters. The molecular weight excluding hydrogens is 332 g/mol. The zero-order valence-corrected chi connectivity index (χ0v) is 15.3. The lowest BCUT2D eigenvalue weighted by atomic mass is 9.91. The molecule has 1 aromatic rings. The summed E-state index contributed by atoms with van der Waals surface area (Å²) in [6, 6.07) is 7.94. The molecule has 2 aliphatic heterocycles. The van der Waals surface area contributed by atoms with Crippen molar-refractivity contribution in [1.82, 2.24) is 9.80 Å². The number of carbonyl (C=O) groups excluding carboxylic acids is 1. The molecule has 1 amide bonds. The molecule has 6 nitrogen and oxygen atoms in total. The van der Waals surface area contributed by atoms with Gasteiger partial charge in [-0.05, 0) is 62.4 Å². The van der Waals surface area contributed by atoms with Crippen LogP contribution >= 0.6 is 0 Å². The van der Waals surface area contributed by atoms with Crippen LogP contribution in [0.25, 0.3) is 0 Å². The molecule has 2 heterocycles. The molecule has 0 spiro atoms. The highest BCUT2D eigenvalue weighted by atomic mass is 16.5. The van der Waals surface area contributed by atoms with Crippen LogP contribution in [0.4, 0.5) is 0 Å². The molecule has 2 N–H and O–H groups in total. The Morgan fingerprint density at radius 3 is 2.38 bits per heavy atom. The van der Waals surface area contributed by atoms with E-state index in [1.807, 2.05) is 29.2 Å². The van der Waals surface area contributed by atoms with Gasteiger partial charge in [0.05, 0.1) is 12.7 Å². The summed E-state index contributed by atoms with van der Waals surface area (Å²) in [7, 11) is 0. The number of carbonyl (C=O) groups is 1. The molecule has 0 aliphatic carbocycles. The van der Waals surface area contributed by atoms with Crippen LogP contribution in [0.15, 0.2) is 24.3 Å². The fourth-order valence-corrected chi connectivity index (χ4v) is 3.80. The monoisotopic (exact) mass is 362 g/mol. The molecule has 2 aliphatic rings. The van der Waals surface area contributed by atoms with Crippen molar-refractivity contribution >= 4 is 5.91 Å². The van der Waals surface area contributed by atoms with Gasteiger partial charge in [0, 0.05) is 19.6 Å². The Hall–Kier alpha value is -1.63. The maximum absolute atomic E-state index is 12.0. The average Bonchev–Trinajstić information content (AvgIpc) is 3.22. The number of benzene rings is 1. The Morgan fingerprint density at radius 2 is 1.77 bits per heavy atom. The summed E-state index contributed by atoms with van der Waals surface area (Å²) < 4.78 is 5.62. The molecule has 2 saturated heterocycles. The molecule has 0 bridgehead atoms. The molecule has 144 valence electrons. The number of hydrogen-bond donors (Lipinski definition) is 2. The number of aliphatic hydroxyl groups excluding tert-OH is 2. The first-order valence-electron chi connectivity index (χ1n) is 9.66. The number of rotatable bonds is 7. The van der Waals surface area contributed by atoms with E-state index in [-0.39, 0.29) is 25.0 Å². The lowest BCUT2D eigenvalue weighted by Gasteiger charge is -2.33. The van der Waals surface area contributed by atoms with Crippen molar-refractivity contribution in [3.63, 3.8) is 0 Å². The van der Waals surface area contributed by atoms with Crippen molar-refractivity contribution in [3.8, 4) is 5.75 Å². The van der Waals surface area contributed by atoms with Crippen LogP contribution in [0.2, 0.25) is 0 Å². The van der Waals surface area contributed by atoms with Crippen LogP contribution in [0, 0.1) is 5.92 Å². The first-order valence-corrected chi connectivity index (χ1v) is 9.66. The third-order valence-corrected chi connectivity index (χ3v) is 5.51. The van der Waals surface area contributed by atoms with Crippen LogP contribution in [0.3, 0.4) is 0 Å². The summed E-state index contributed by atoms with van der Waals surface area (Å²) in [5.74, 6) is 1.01. The Balaban J connectivity index is 1.41. The summed E-state index contributed by atoms with van der Waals surface area (Å²) in [6.07, 6.45) is 3.44. The van der Waals surface area contributed by atoms with Crippen molar-refractivity contribution in [2.75, 3.05) is 39.4 Å². The van der Waals surface area contributed by atoms with Gasteiger partial charge in [0.15, 0.2) is 6.61 Å². The van der Waals surface area contributed by atoms with Gasteiger partial charge in [0.2, 0.25) is 0 Å². The summed E-state index contributed by atoms with van der Waals surface area (Å²) >= 11 is 0. The van der Waals surface area contributed by atoms with Crippen molar-refractivity contribution in [2.45, 2.75) is 38.3 Å². The molecule has 0 aromatic heterocycles. The molecule has 1 aromatic carbocycles. The SMILES string of the molecule is O=C(COc1ccc(CN2CCC(C(O)CO)CC2)cc1)N1CCCC1. The summed E-state index contributed by atoms with van der Waals surface area (Å²) in [4.78, 5) is 16.2. The van der Waals surface area contributed by atoms with Crippen LogP contribution in [-0.4, -0.2) is 71.4 Å². The van der Waals surface area contributed by atoms with E-state index in [9.17, 15) is 9.90 Å². The maximum atomic E-state index is 12.0. The fourth-order valence-electron chi connectivity index (χ4n) is 3.80. The smallest absolute Gasteiger partial charge is 0.260 e. The third-order valence-electron chi connectivity index (χ3n) is 5.51. The number of ether oxygens (including phenoxy) is 1. The number of likely N-dealkylation sites (tertiary alicyclic amines) is 2. The van der Waals surface area contributed by atoms with Gasteiger partial charge in [-0.2, -0.15) is 0 Å². The second-order valence-electron chi connectivity index (χ2n) is 7.38. The normalized spacial score (nSPS) is 20.3. The van der Waals surface area contributed by atoms with Gasteiger partial charge in [-0.3, -0.25) is 9.69 Å². The predicted octanol–water partition coefficient (Wildman–Crippen LogP) is 1.25. The number of amides is 1. The van der Waals surface area contributed by atoms with Crippen LogP contribution in [0.5, 0.6) is 5.75 Å². The maximum Gasteiger partial charge on any atom is 0.260 e. The van der Waals surface area contributed by atoms with Crippen molar-refractivity contribution in [3.05, 3.63) is 29.8 Å². The van der Waals surface area contributed by atoms with Gasteiger partial charge in [-0.1, -0.05) is 12.1 Å². The first kappa shape index (κ1) is 19.1. The van der Waals surface area contributed by atoms with E-state index in [0.717, 1.165) is 64.2 Å². The van der Waals surface area contributed by atoms with Gasteiger partial charge in [-0.15, -0.1) is 0 Å². The van der Waals surface area contributed by atoms with Crippen LogP contribution < -0.4 is 4.74 Å². The zero-order valence-electron chi connectivity index (χ0n) is 15.3. The van der Waals surface area contributed by atoms with Crippen molar-refractivity contribution < 1.29 is 19.7 Å². The van der Waals surface area contributed by atoms with E-state index in [0.29, 0.717) is 0 Å². The van der Waals surface area contributed by atoms with E-state index in [1.165, 1.54) is 5.56 Å². The number of aliphatic hydroxyl groups is 2. The van der Waals surface area contributed by atoms with Crippen LogP contribution in [0.1, 0.15) is 31.2 Å². The fraction of sp³-hybridized carbons (Fsp3) is 0.650. The molecule has 1 unspecified atom stereocenters. The summed E-state index contributed by atoms with van der Waals surface area (Å²) in [6.45, 7) is 4.41. The van der Waals surface area contributed by atoms with E-state index >= 15 is 0 Å². The number of piperidine rings is 1. The standard InChI is InChI=1S/C20H30N2O4/c23-14-19(24)17-7-11-21(12-8-17)13-16-3-5-18(6-4-16)26-15-20(25)22-9-1-2-10-22/h3-6,17,19,23-24H,1-2,7-15H2. The Morgan fingerprint density at radius 1 is 1.12 bits per heavy atom. The quantitative estimate of drug-likeness (QED) is 0.764. The van der Waals surface area contributed by atoms with E-state index in [4.69, 9.17) is 9.84 Å². The number of hydrogen-bond acceptors (Lipinski definition) is 5. The highest BCUT2D eigenvalue weighted by Crippen LogP contribution is 2.22. The Bertz CT molecular complexity index is 564. The Labute approximate surface area is 155 Å². The highest BCUT2D eigenvalue weighted by Gasteiger charge is 2.24. The first-order chi connectivity index (χ1) is 12.7. The molecule has 0 radical (unpaired) electrons. The minimum atomic E-state index is -0.586. The number of nitrogens with zero attached hydrogens (tertiary/aromatic N) is 2. The van der Waals surface area contributed by atoms with Gasteiger partial charge in [-0.25, -0.2) is 0 Å². The minimum absolute atomic E-state index is 0.0690. The van der Waals surface area contributed by atoms with Gasteiger partial charge >= 0.3 is 0 Å². The Kier molecular flexibility index (Phi) is 6.88.